The molecule has 8 nitrogen and oxygen atoms in total. The fourth-order valence-corrected chi connectivity index (χ4v) is 2.43. The minimum Gasteiger partial charge on any atom is -0.309 e. The standard InChI is InChI=1S/C11H18N4O4/c1-2-3-9(16)12-13-10(17)8-5-4-7-6-14(8)11(18)15(7)19/h7-8,19H,2-6H2,1H3,(H,12,16)(H,13,17)/t7-,8+/m1/s1. The van der Waals surface area contributed by atoms with E-state index < -0.39 is 18.0 Å². The fourth-order valence-electron chi connectivity index (χ4n) is 2.43. The van der Waals surface area contributed by atoms with Gasteiger partial charge in [-0.2, -0.15) is 0 Å². The van der Waals surface area contributed by atoms with Crippen LogP contribution in [0.5, 0.6) is 0 Å². The summed E-state index contributed by atoms with van der Waals surface area (Å²) in [5, 5.41) is 10.2. The third-order valence-corrected chi connectivity index (χ3v) is 3.45. The van der Waals surface area contributed by atoms with Crippen molar-refractivity contribution in [2.24, 2.45) is 0 Å². The van der Waals surface area contributed by atoms with Crippen LogP contribution in [0.25, 0.3) is 0 Å². The van der Waals surface area contributed by atoms with Crippen molar-refractivity contribution in [3.05, 3.63) is 0 Å². The molecule has 0 aliphatic carbocycles. The summed E-state index contributed by atoms with van der Waals surface area (Å²) in [6, 6.07) is -1.42. The van der Waals surface area contributed by atoms with E-state index in [0.29, 0.717) is 37.3 Å². The fraction of sp³-hybridized carbons (Fsp3) is 0.727. The van der Waals surface area contributed by atoms with E-state index in [1.807, 2.05) is 6.92 Å². The highest BCUT2D eigenvalue weighted by atomic mass is 16.5. The summed E-state index contributed by atoms with van der Waals surface area (Å²) in [6.45, 7) is 2.21. The SMILES string of the molecule is CCCC(=O)NNC(=O)[C@@H]1CC[C@@H]2CN1C(=O)N2O. The van der Waals surface area contributed by atoms with E-state index in [9.17, 15) is 19.6 Å². The van der Waals surface area contributed by atoms with Crippen molar-refractivity contribution in [2.45, 2.75) is 44.7 Å². The summed E-state index contributed by atoms with van der Waals surface area (Å²) in [6.07, 6.45) is 2.07. The van der Waals surface area contributed by atoms with Gasteiger partial charge >= 0.3 is 6.03 Å². The highest BCUT2D eigenvalue weighted by Crippen LogP contribution is 2.28. The topological polar surface area (TPSA) is 102 Å². The maximum absolute atomic E-state index is 11.9. The van der Waals surface area contributed by atoms with Crippen LogP contribution in [0.1, 0.15) is 32.6 Å². The van der Waals surface area contributed by atoms with Crippen molar-refractivity contribution in [2.75, 3.05) is 6.54 Å². The normalized spacial score (nSPS) is 25.5. The minimum atomic E-state index is -0.636. The smallest absolute Gasteiger partial charge is 0.309 e. The number of carbonyl (C=O) groups is 3. The predicted octanol–water partition coefficient (Wildman–Crippen LogP) is -0.408. The molecular formula is C11H18N4O4. The first kappa shape index (κ1) is 13.6. The van der Waals surface area contributed by atoms with Gasteiger partial charge in [0.25, 0.3) is 5.91 Å². The largest absolute Gasteiger partial charge is 0.344 e. The van der Waals surface area contributed by atoms with Gasteiger partial charge in [-0.1, -0.05) is 6.92 Å². The van der Waals surface area contributed by atoms with Crippen molar-refractivity contribution in [1.82, 2.24) is 20.8 Å². The van der Waals surface area contributed by atoms with E-state index in [1.165, 1.54) is 4.90 Å². The summed E-state index contributed by atoms with van der Waals surface area (Å²) in [5.74, 6) is -0.687. The second-order valence-corrected chi connectivity index (χ2v) is 4.81. The van der Waals surface area contributed by atoms with Gasteiger partial charge in [-0.25, -0.2) is 9.86 Å². The molecule has 106 valence electrons. The number of fused-ring (bicyclic) bond motifs is 2. The number of carbonyl (C=O) groups excluding carboxylic acids is 3. The highest BCUT2D eigenvalue weighted by molar-refractivity contribution is 5.89. The number of nitrogens with one attached hydrogen (secondary N) is 2. The molecule has 0 aromatic rings. The summed E-state index contributed by atoms with van der Waals surface area (Å²) in [5.41, 5.74) is 4.64. The lowest BCUT2D eigenvalue weighted by atomic mass is 10.0. The van der Waals surface area contributed by atoms with Crippen LogP contribution in [0, 0.1) is 0 Å². The Morgan fingerprint density at radius 2 is 2.11 bits per heavy atom. The lowest BCUT2D eigenvalue weighted by Gasteiger charge is -2.29. The number of amides is 4. The summed E-state index contributed by atoms with van der Waals surface area (Å²) < 4.78 is 0. The van der Waals surface area contributed by atoms with Gasteiger partial charge in [-0.3, -0.25) is 25.6 Å². The molecule has 2 aliphatic rings. The first-order valence-electron chi connectivity index (χ1n) is 6.42. The average Bonchev–Trinajstić information content (AvgIpc) is 2.62. The van der Waals surface area contributed by atoms with Gasteiger partial charge in [0.1, 0.15) is 6.04 Å². The van der Waals surface area contributed by atoms with Crippen molar-refractivity contribution in [1.29, 1.82) is 0 Å². The third kappa shape index (κ3) is 2.62. The maximum atomic E-state index is 11.9. The van der Waals surface area contributed by atoms with E-state index in [1.54, 1.807) is 0 Å². The monoisotopic (exact) mass is 270 g/mol. The van der Waals surface area contributed by atoms with E-state index in [2.05, 4.69) is 10.9 Å². The lowest BCUT2D eigenvalue weighted by molar-refractivity contribution is -0.131. The molecule has 0 aromatic heterocycles. The Morgan fingerprint density at radius 1 is 1.37 bits per heavy atom. The molecule has 2 atom stereocenters. The maximum Gasteiger partial charge on any atom is 0.344 e. The number of nitrogens with zero attached hydrogens (tertiary/aromatic N) is 2. The second-order valence-electron chi connectivity index (χ2n) is 4.81. The molecule has 8 heteroatoms. The summed E-state index contributed by atoms with van der Waals surface area (Å²) in [7, 11) is 0. The molecular weight excluding hydrogens is 252 g/mol. The molecule has 0 aromatic carbocycles. The molecule has 0 radical (unpaired) electrons. The van der Waals surface area contributed by atoms with Gasteiger partial charge in [0.05, 0.1) is 6.04 Å². The Morgan fingerprint density at radius 3 is 2.79 bits per heavy atom. The quantitative estimate of drug-likeness (QED) is 0.479. The van der Waals surface area contributed by atoms with Crippen LogP contribution in [0.3, 0.4) is 0 Å². The molecule has 2 aliphatic heterocycles. The Hall–Kier alpha value is -1.83. The van der Waals surface area contributed by atoms with Crippen molar-refractivity contribution < 1.29 is 19.6 Å². The number of urea groups is 1. The molecule has 0 spiro atoms. The molecule has 19 heavy (non-hydrogen) atoms. The van der Waals surface area contributed by atoms with E-state index >= 15 is 0 Å². The van der Waals surface area contributed by atoms with Gasteiger partial charge in [0, 0.05) is 13.0 Å². The number of hydrogen-bond acceptors (Lipinski definition) is 4. The van der Waals surface area contributed by atoms with Crippen molar-refractivity contribution in [3.63, 3.8) is 0 Å². The molecule has 0 unspecified atom stereocenters. The molecule has 2 rings (SSSR count). The van der Waals surface area contributed by atoms with Gasteiger partial charge < -0.3 is 4.90 Å². The number of hydrazine groups is 1. The van der Waals surface area contributed by atoms with Gasteiger partial charge in [0.15, 0.2) is 0 Å². The number of hydroxylamine groups is 2. The Balaban J connectivity index is 1.90. The molecule has 0 saturated carbocycles. The molecule has 2 fully saturated rings. The van der Waals surface area contributed by atoms with E-state index in [4.69, 9.17) is 0 Å². The zero-order valence-electron chi connectivity index (χ0n) is 10.8. The van der Waals surface area contributed by atoms with E-state index in [0.717, 1.165) is 0 Å². The van der Waals surface area contributed by atoms with Crippen LogP contribution >= 0.6 is 0 Å². The van der Waals surface area contributed by atoms with Crippen LogP contribution in [0.4, 0.5) is 4.79 Å². The molecule has 2 heterocycles. The zero-order chi connectivity index (χ0) is 14.0. The summed E-state index contributed by atoms with van der Waals surface area (Å²) >= 11 is 0. The molecule has 4 amide bonds. The Labute approximate surface area is 110 Å². The van der Waals surface area contributed by atoms with Gasteiger partial charge in [0.2, 0.25) is 5.91 Å². The summed E-state index contributed by atoms with van der Waals surface area (Å²) in [4.78, 5) is 36.2. The molecule has 2 saturated heterocycles. The van der Waals surface area contributed by atoms with Crippen LogP contribution in [0.15, 0.2) is 0 Å². The van der Waals surface area contributed by atoms with Gasteiger partial charge in [-0.15, -0.1) is 0 Å². The van der Waals surface area contributed by atoms with Crippen LogP contribution in [-0.2, 0) is 9.59 Å². The van der Waals surface area contributed by atoms with Gasteiger partial charge in [-0.05, 0) is 19.3 Å². The van der Waals surface area contributed by atoms with Crippen LogP contribution < -0.4 is 10.9 Å². The first-order chi connectivity index (χ1) is 9.04. The van der Waals surface area contributed by atoms with Crippen molar-refractivity contribution >= 4 is 17.8 Å². The third-order valence-electron chi connectivity index (χ3n) is 3.45. The zero-order valence-corrected chi connectivity index (χ0v) is 10.8. The number of piperidine rings is 1. The first-order valence-corrected chi connectivity index (χ1v) is 6.42. The highest BCUT2D eigenvalue weighted by Gasteiger charge is 2.46. The Bertz CT molecular complexity index is 400. The molecule has 3 N–H and O–H groups in total. The minimum absolute atomic E-state index is 0.230. The predicted molar refractivity (Wildman–Crippen MR) is 63.7 cm³/mol. The van der Waals surface area contributed by atoms with Crippen LogP contribution in [-0.4, -0.2) is 51.6 Å². The number of hydrogen-bond donors (Lipinski definition) is 3. The average molecular weight is 270 g/mol. The second kappa shape index (κ2) is 5.43. The lowest BCUT2D eigenvalue weighted by Crippen LogP contribution is -2.54. The molecule has 2 bridgehead atoms. The number of rotatable bonds is 3. The Kier molecular flexibility index (Phi) is 3.89. The van der Waals surface area contributed by atoms with E-state index in [-0.39, 0.29) is 11.9 Å². The van der Waals surface area contributed by atoms with Crippen molar-refractivity contribution in [3.8, 4) is 0 Å². The van der Waals surface area contributed by atoms with Crippen LogP contribution in [0.2, 0.25) is 0 Å².